The smallest absolute Gasteiger partial charge is 0.177 e. The zero-order valence-corrected chi connectivity index (χ0v) is 6.63. The third-order valence-electron chi connectivity index (χ3n) is 1.81. The van der Waals surface area contributed by atoms with Crippen LogP contribution in [-0.2, 0) is 7.05 Å². The number of fused-ring (bicyclic) bond motifs is 1. The lowest BCUT2D eigenvalue weighted by Gasteiger charge is -1.94. The van der Waals surface area contributed by atoms with Crippen LogP contribution in [0.1, 0.15) is 5.56 Å². The van der Waals surface area contributed by atoms with Crippen molar-refractivity contribution in [1.29, 1.82) is 0 Å². The molecule has 0 N–H and O–H groups in total. The lowest BCUT2D eigenvalue weighted by molar-refractivity contribution is 0.935. The molecule has 11 heavy (non-hydrogen) atoms. The normalized spacial score (nSPS) is 10.7. The summed E-state index contributed by atoms with van der Waals surface area (Å²) < 4.78 is 1.91. The Morgan fingerprint density at radius 3 is 3.09 bits per heavy atom. The Balaban J connectivity index is 2.87. The van der Waals surface area contributed by atoms with Crippen LogP contribution in [0, 0.1) is 13.3 Å². The third kappa shape index (κ3) is 0.909. The van der Waals surface area contributed by atoms with Gasteiger partial charge in [-0.25, -0.2) is 4.98 Å². The summed E-state index contributed by atoms with van der Waals surface area (Å²) in [5.74, 6) is 0. The monoisotopic (exact) mass is 145 g/mol. The lowest BCUT2D eigenvalue weighted by atomic mass is 10.2. The maximum absolute atomic E-state index is 4.10. The SMILES string of the molecule is Cc1ccc2n[c]n(C)c2c1. The van der Waals surface area contributed by atoms with Crippen LogP contribution in [0.15, 0.2) is 18.2 Å². The highest BCUT2D eigenvalue weighted by atomic mass is 15.0. The van der Waals surface area contributed by atoms with Crippen LogP contribution in [0.2, 0.25) is 0 Å². The fourth-order valence-corrected chi connectivity index (χ4v) is 1.18. The van der Waals surface area contributed by atoms with Crippen molar-refractivity contribution in [2.45, 2.75) is 6.92 Å². The van der Waals surface area contributed by atoms with Crippen molar-refractivity contribution in [3.05, 3.63) is 30.1 Å². The number of imidazole rings is 1. The summed E-state index contributed by atoms with van der Waals surface area (Å²) in [5.41, 5.74) is 3.41. The first kappa shape index (κ1) is 6.40. The highest BCUT2D eigenvalue weighted by Gasteiger charge is 1.97. The van der Waals surface area contributed by atoms with Crippen molar-refractivity contribution < 1.29 is 0 Å². The Labute approximate surface area is 65.5 Å². The second-order valence-electron chi connectivity index (χ2n) is 2.76. The van der Waals surface area contributed by atoms with E-state index in [2.05, 4.69) is 30.4 Å². The molecule has 0 amide bonds. The average molecular weight is 145 g/mol. The molecule has 0 spiro atoms. The van der Waals surface area contributed by atoms with Gasteiger partial charge in [-0.15, -0.1) is 0 Å². The Kier molecular flexibility index (Phi) is 1.22. The van der Waals surface area contributed by atoms with E-state index >= 15 is 0 Å². The van der Waals surface area contributed by atoms with Crippen LogP contribution in [0.5, 0.6) is 0 Å². The highest BCUT2D eigenvalue weighted by molar-refractivity contribution is 5.75. The highest BCUT2D eigenvalue weighted by Crippen LogP contribution is 2.12. The van der Waals surface area contributed by atoms with Crippen molar-refractivity contribution in [3.8, 4) is 0 Å². The standard InChI is InChI=1S/C9H9N2/c1-7-3-4-8-9(5-7)11(2)6-10-8/h3-5H,1-2H3. The maximum atomic E-state index is 4.10. The molecule has 0 bridgehead atoms. The molecule has 2 heteroatoms. The van der Waals surface area contributed by atoms with Gasteiger partial charge in [0.15, 0.2) is 6.33 Å². The van der Waals surface area contributed by atoms with Gasteiger partial charge in [0.25, 0.3) is 0 Å². The van der Waals surface area contributed by atoms with Crippen molar-refractivity contribution in [1.82, 2.24) is 9.55 Å². The van der Waals surface area contributed by atoms with Crippen molar-refractivity contribution in [2.75, 3.05) is 0 Å². The van der Waals surface area contributed by atoms with E-state index in [0.29, 0.717) is 0 Å². The largest absolute Gasteiger partial charge is 0.324 e. The number of aromatic nitrogens is 2. The number of nitrogens with zero attached hydrogens (tertiary/aromatic N) is 2. The molecule has 0 saturated carbocycles. The van der Waals surface area contributed by atoms with E-state index in [1.165, 1.54) is 5.56 Å². The Bertz CT molecular complexity index is 387. The second kappa shape index (κ2) is 2.09. The number of benzene rings is 1. The maximum Gasteiger partial charge on any atom is 0.177 e. The Morgan fingerprint density at radius 2 is 2.27 bits per heavy atom. The molecule has 0 atom stereocenters. The molecule has 55 valence electrons. The fraction of sp³-hybridized carbons (Fsp3) is 0.222. The molecule has 2 aromatic rings. The van der Waals surface area contributed by atoms with Gasteiger partial charge in [0.2, 0.25) is 0 Å². The summed E-state index contributed by atoms with van der Waals surface area (Å²) in [5, 5.41) is 0. The molecular formula is C9H9N2. The first-order valence-corrected chi connectivity index (χ1v) is 3.58. The van der Waals surface area contributed by atoms with Gasteiger partial charge < -0.3 is 4.57 Å². The molecule has 0 fully saturated rings. The van der Waals surface area contributed by atoms with Gasteiger partial charge in [-0.3, -0.25) is 0 Å². The molecule has 0 unspecified atom stereocenters. The van der Waals surface area contributed by atoms with Gasteiger partial charge in [0, 0.05) is 7.05 Å². The molecular weight excluding hydrogens is 136 g/mol. The van der Waals surface area contributed by atoms with Gasteiger partial charge in [0.05, 0.1) is 11.0 Å². The number of aryl methyl sites for hydroxylation is 2. The van der Waals surface area contributed by atoms with Gasteiger partial charge >= 0.3 is 0 Å². The second-order valence-corrected chi connectivity index (χ2v) is 2.76. The average Bonchev–Trinajstić information content (AvgIpc) is 2.33. The molecule has 0 saturated heterocycles. The molecule has 1 aromatic carbocycles. The predicted octanol–water partition coefficient (Wildman–Crippen LogP) is 1.68. The molecule has 0 aliphatic carbocycles. The molecule has 0 aliphatic heterocycles. The van der Waals surface area contributed by atoms with Gasteiger partial charge in [-0.2, -0.15) is 0 Å². The van der Waals surface area contributed by atoms with E-state index in [1.807, 2.05) is 17.7 Å². The summed E-state index contributed by atoms with van der Waals surface area (Å²) in [6.07, 6.45) is 2.87. The molecule has 1 radical (unpaired) electrons. The summed E-state index contributed by atoms with van der Waals surface area (Å²) in [6, 6.07) is 6.18. The fourth-order valence-electron chi connectivity index (χ4n) is 1.18. The van der Waals surface area contributed by atoms with Crippen LogP contribution in [0.3, 0.4) is 0 Å². The molecule has 1 aromatic heterocycles. The number of rotatable bonds is 0. The van der Waals surface area contributed by atoms with Crippen molar-refractivity contribution in [3.63, 3.8) is 0 Å². The quantitative estimate of drug-likeness (QED) is 0.551. The Hall–Kier alpha value is -1.31. The van der Waals surface area contributed by atoms with Crippen LogP contribution < -0.4 is 0 Å². The van der Waals surface area contributed by atoms with Crippen LogP contribution >= 0.6 is 0 Å². The van der Waals surface area contributed by atoms with E-state index in [4.69, 9.17) is 0 Å². The van der Waals surface area contributed by atoms with Gasteiger partial charge in [-0.1, -0.05) is 6.07 Å². The third-order valence-corrected chi connectivity index (χ3v) is 1.81. The molecule has 2 nitrogen and oxygen atoms in total. The number of hydrogen-bond donors (Lipinski definition) is 0. The van der Waals surface area contributed by atoms with Crippen LogP contribution in [0.25, 0.3) is 11.0 Å². The number of hydrogen-bond acceptors (Lipinski definition) is 1. The summed E-state index contributed by atoms with van der Waals surface area (Å²) in [4.78, 5) is 4.10. The summed E-state index contributed by atoms with van der Waals surface area (Å²) in [6.45, 7) is 2.08. The Morgan fingerprint density at radius 1 is 1.45 bits per heavy atom. The van der Waals surface area contributed by atoms with E-state index < -0.39 is 0 Å². The molecule has 2 rings (SSSR count). The predicted molar refractivity (Wildman–Crippen MR) is 44.3 cm³/mol. The van der Waals surface area contributed by atoms with Crippen LogP contribution in [0.4, 0.5) is 0 Å². The zero-order chi connectivity index (χ0) is 7.84. The molecule has 0 aliphatic rings. The van der Waals surface area contributed by atoms with Crippen LogP contribution in [-0.4, -0.2) is 9.55 Å². The summed E-state index contributed by atoms with van der Waals surface area (Å²) in [7, 11) is 1.95. The lowest BCUT2D eigenvalue weighted by Crippen LogP contribution is -1.84. The van der Waals surface area contributed by atoms with Gasteiger partial charge in [0.1, 0.15) is 0 Å². The summed E-state index contributed by atoms with van der Waals surface area (Å²) >= 11 is 0. The minimum atomic E-state index is 1.01. The zero-order valence-electron chi connectivity index (χ0n) is 6.63. The topological polar surface area (TPSA) is 17.8 Å². The van der Waals surface area contributed by atoms with E-state index in [1.54, 1.807) is 0 Å². The first-order chi connectivity index (χ1) is 5.27. The van der Waals surface area contributed by atoms with Crippen molar-refractivity contribution >= 4 is 11.0 Å². The van der Waals surface area contributed by atoms with E-state index in [-0.39, 0.29) is 0 Å². The minimum Gasteiger partial charge on any atom is -0.324 e. The van der Waals surface area contributed by atoms with Gasteiger partial charge in [-0.05, 0) is 24.6 Å². The minimum absolute atomic E-state index is 1.01. The first-order valence-electron chi connectivity index (χ1n) is 3.58. The van der Waals surface area contributed by atoms with Crippen molar-refractivity contribution in [2.24, 2.45) is 7.05 Å². The molecule has 1 heterocycles. The van der Waals surface area contributed by atoms with E-state index in [0.717, 1.165) is 11.0 Å². The van der Waals surface area contributed by atoms with E-state index in [9.17, 15) is 0 Å².